The highest BCUT2D eigenvalue weighted by Gasteiger charge is 2.41. The lowest BCUT2D eigenvalue weighted by Gasteiger charge is -2.19. The van der Waals surface area contributed by atoms with Gasteiger partial charge >= 0.3 is 5.97 Å². The number of halogens is 3. The Bertz CT molecular complexity index is 1190. The number of carbonyl (C=O) groups excluding carboxylic acids is 3. The molecule has 0 unspecified atom stereocenters. The van der Waals surface area contributed by atoms with Crippen LogP contribution in [0.2, 0.25) is 10.0 Å². The molecule has 11 heteroatoms. The SMILES string of the molecule is CCOC(=O)[C@@H](C)N1C(=O)S/C(=C/c2cc(I)c(OCc3ccc(Cl)c(Cl)c3)c(OCC)c2)C1=O. The van der Waals surface area contributed by atoms with Crippen molar-refractivity contribution in [2.45, 2.75) is 33.4 Å². The maximum Gasteiger partial charge on any atom is 0.329 e. The molecule has 1 saturated heterocycles. The van der Waals surface area contributed by atoms with Crippen LogP contribution in [0.25, 0.3) is 6.08 Å². The first-order valence-corrected chi connectivity index (χ1v) is 13.3. The van der Waals surface area contributed by atoms with Crippen LogP contribution in [0.4, 0.5) is 4.79 Å². The van der Waals surface area contributed by atoms with Gasteiger partial charge in [-0.05, 0) is 96.6 Å². The lowest BCUT2D eigenvalue weighted by molar-refractivity contribution is -0.150. The molecule has 1 heterocycles. The van der Waals surface area contributed by atoms with Gasteiger partial charge in [-0.1, -0.05) is 29.3 Å². The molecule has 1 fully saturated rings. The van der Waals surface area contributed by atoms with Gasteiger partial charge < -0.3 is 14.2 Å². The normalized spacial score (nSPS) is 15.5. The van der Waals surface area contributed by atoms with Crippen molar-refractivity contribution in [2.24, 2.45) is 0 Å². The van der Waals surface area contributed by atoms with Crippen LogP contribution in [-0.4, -0.2) is 41.3 Å². The standard InChI is InChI=1S/C24H22Cl2INO6S/c1-4-32-19-10-15(9-18(27)21(19)34-12-14-6-7-16(25)17(26)8-14)11-20-22(29)28(24(31)35-20)13(3)23(30)33-5-2/h6-11,13H,4-5,12H2,1-3H3/b20-11+/t13-/m1/s1. The Morgan fingerprint density at radius 1 is 1.11 bits per heavy atom. The summed E-state index contributed by atoms with van der Waals surface area (Å²) in [6.45, 7) is 5.78. The van der Waals surface area contributed by atoms with Gasteiger partial charge in [0.25, 0.3) is 11.1 Å². The maximum absolute atomic E-state index is 12.9. The number of amides is 2. The third-order valence-electron chi connectivity index (χ3n) is 4.84. The topological polar surface area (TPSA) is 82.1 Å². The summed E-state index contributed by atoms with van der Waals surface area (Å²) in [7, 11) is 0. The van der Waals surface area contributed by atoms with Crippen molar-refractivity contribution in [1.82, 2.24) is 4.90 Å². The molecule has 1 atom stereocenters. The molecule has 35 heavy (non-hydrogen) atoms. The van der Waals surface area contributed by atoms with E-state index in [2.05, 4.69) is 22.6 Å². The zero-order chi connectivity index (χ0) is 25.7. The molecule has 0 aromatic heterocycles. The number of benzene rings is 2. The minimum Gasteiger partial charge on any atom is -0.490 e. The van der Waals surface area contributed by atoms with E-state index in [1.54, 1.807) is 31.2 Å². The summed E-state index contributed by atoms with van der Waals surface area (Å²) in [5.41, 5.74) is 1.49. The van der Waals surface area contributed by atoms with E-state index in [4.69, 9.17) is 37.4 Å². The van der Waals surface area contributed by atoms with E-state index < -0.39 is 23.2 Å². The molecule has 1 aliphatic heterocycles. The first-order valence-electron chi connectivity index (χ1n) is 10.6. The molecule has 0 aliphatic carbocycles. The number of hydrogen-bond acceptors (Lipinski definition) is 7. The third kappa shape index (κ3) is 6.63. The number of thioether (sulfide) groups is 1. The number of imide groups is 1. The second-order valence-corrected chi connectivity index (χ2v) is 10.2. The van der Waals surface area contributed by atoms with E-state index in [0.717, 1.165) is 25.8 Å². The van der Waals surface area contributed by atoms with Gasteiger partial charge in [0, 0.05) is 0 Å². The van der Waals surface area contributed by atoms with E-state index in [0.29, 0.717) is 33.7 Å². The summed E-state index contributed by atoms with van der Waals surface area (Å²) in [6.07, 6.45) is 1.59. The Kier molecular flexibility index (Phi) is 9.74. The molecule has 3 rings (SSSR count). The van der Waals surface area contributed by atoms with Crippen molar-refractivity contribution in [2.75, 3.05) is 13.2 Å². The number of esters is 1. The molecular formula is C24H22Cl2INO6S. The fraction of sp³-hybridized carbons (Fsp3) is 0.292. The van der Waals surface area contributed by atoms with Crippen LogP contribution in [0.15, 0.2) is 35.2 Å². The van der Waals surface area contributed by atoms with E-state index >= 15 is 0 Å². The van der Waals surface area contributed by atoms with Crippen molar-refractivity contribution in [3.63, 3.8) is 0 Å². The molecule has 0 bridgehead atoms. The number of ether oxygens (including phenoxy) is 3. The largest absolute Gasteiger partial charge is 0.490 e. The molecule has 0 spiro atoms. The smallest absolute Gasteiger partial charge is 0.329 e. The Hall–Kier alpha value is -1.95. The van der Waals surface area contributed by atoms with Crippen LogP contribution in [0, 0.1) is 3.57 Å². The third-order valence-corrected chi connectivity index (χ3v) is 7.26. The van der Waals surface area contributed by atoms with Crippen molar-refractivity contribution < 1.29 is 28.6 Å². The van der Waals surface area contributed by atoms with Crippen molar-refractivity contribution in [1.29, 1.82) is 0 Å². The lowest BCUT2D eigenvalue weighted by Crippen LogP contribution is -2.42. The van der Waals surface area contributed by atoms with Crippen LogP contribution in [0.3, 0.4) is 0 Å². The first kappa shape index (κ1) is 27.6. The van der Waals surface area contributed by atoms with Crippen LogP contribution in [0.5, 0.6) is 11.5 Å². The molecule has 7 nitrogen and oxygen atoms in total. The summed E-state index contributed by atoms with van der Waals surface area (Å²) in [5.74, 6) is -0.147. The van der Waals surface area contributed by atoms with E-state index in [1.165, 1.54) is 6.92 Å². The zero-order valence-corrected chi connectivity index (χ0v) is 23.6. The van der Waals surface area contributed by atoms with Gasteiger partial charge in [-0.25, -0.2) is 4.79 Å². The molecule has 0 saturated carbocycles. The highest BCUT2D eigenvalue weighted by molar-refractivity contribution is 14.1. The quantitative estimate of drug-likeness (QED) is 0.173. The zero-order valence-electron chi connectivity index (χ0n) is 19.1. The van der Waals surface area contributed by atoms with Crippen molar-refractivity contribution in [3.8, 4) is 11.5 Å². The highest BCUT2D eigenvalue weighted by Crippen LogP contribution is 2.38. The van der Waals surface area contributed by atoms with Gasteiger partial charge in [0.1, 0.15) is 12.6 Å². The summed E-state index contributed by atoms with van der Waals surface area (Å²) in [6, 6.07) is 7.80. The molecular weight excluding hydrogens is 628 g/mol. The minimum absolute atomic E-state index is 0.160. The second kappa shape index (κ2) is 12.3. The monoisotopic (exact) mass is 649 g/mol. The van der Waals surface area contributed by atoms with Crippen molar-refractivity contribution in [3.05, 3.63) is 60.0 Å². The summed E-state index contributed by atoms with van der Waals surface area (Å²) in [5, 5.41) is 0.377. The minimum atomic E-state index is -1.01. The molecule has 2 aromatic rings. The Balaban J connectivity index is 1.85. The number of hydrogen-bond donors (Lipinski definition) is 0. The van der Waals surface area contributed by atoms with Gasteiger partial charge in [-0.2, -0.15) is 0 Å². The molecule has 2 aromatic carbocycles. The van der Waals surface area contributed by atoms with Gasteiger partial charge in [0.2, 0.25) is 0 Å². The van der Waals surface area contributed by atoms with Crippen LogP contribution in [-0.2, 0) is 20.9 Å². The highest BCUT2D eigenvalue weighted by atomic mass is 127. The number of rotatable bonds is 9. The Morgan fingerprint density at radius 2 is 1.86 bits per heavy atom. The Labute approximate surface area is 231 Å². The van der Waals surface area contributed by atoms with Crippen LogP contribution in [0.1, 0.15) is 31.9 Å². The maximum atomic E-state index is 12.9. The van der Waals surface area contributed by atoms with Crippen LogP contribution >= 0.6 is 57.6 Å². The van der Waals surface area contributed by atoms with E-state index in [-0.39, 0.29) is 18.1 Å². The fourth-order valence-electron chi connectivity index (χ4n) is 3.19. The summed E-state index contributed by atoms with van der Waals surface area (Å²) in [4.78, 5) is 38.5. The van der Waals surface area contributed by atoms with E-state index in [1.807, 2.05) is 19.1 Å². The lowest BCUT2D eigenvalue weighted by atomic mass is 10.1. The molecule has 0 radical (unpaired) electrons. The van der Waals surface area contributed by atoms with E-state index in [9.17, 15) is 14.4 Å². The average molecular weight is 650 g/mol. The second-order valence-electron chi connectivity index (χ2n) is 7.28. The Morgan fingerprint density at radius 3 is 2.51 bits per heavy atom. The molecule has 2 amide bonds. The number of carbonyl (C=O) groups is 3. The molecule has 1 aliphatic rings. The van der Waals surface area contributed by atoms with Gasteiger partial charge in [-0.3, -0.25) is 14.5 Å². The predicted octanol–water partition coefficient (Wildman–Crippen LogP) is 6.56. The van der Waals surface area contributed by atoms with Gasteiger partial charge in [0.05, 0.1) is 31.7 Å². The van der Waals surface area contributed by atoms with Gasteiger partial charge in [-0.15, -0.1) is 0 Å². The average Bonchev–Trinajstić information content (AvgIpc) is 3.08. The van der Waals surface area contributed by atoms with Crippen molar-refractivity contribution >= 4 is 80.7 Å². The fourth-order valence-corrected chi connectivity index (χ4v) is 5.20. The van der Waals surface area contributed by atoms with Crippen LogP contribution < -0.4 is 9.47 Å². The summed E-state index contributed by atoms with van der Waals surface area (Å²) < 4.78 is 17.5. The molecule has 186 valence electrons. The van der Waals surface area contributed by atoms with Gasteiger partial charge in [0.15, 0.2) is 11.5 Å². The first-order chi connectivity index (χ1) is 16.7. The summed E-state index contributed by atoms with van der Waals surface area (Å²) >= 11 is 15.0. The molecule has 0 N–H and O–H groups in total. The predicted molar refractivity (Wildman–Crippen MR) is 145 cm³/mol. The number of nitrogens with zero attached hydrogens (tertiary/aromatic N) is 1.